The number of esters is 1. The van der Waals surface area contributed by atoms with Crippen LogP contribution in [-0.2, 0) is 9.53 Å². The number of carbonyl (C=O) groups is 3. The lowest BCUT2D eigenvalue weighted by Crippen LogP contribution is -2.45. The number of likely N-dealkylation sites (tertiary alicyclic amines) is 1. The molecule has 7 nitrogen and oxygen atoms in total. The number of amides is 2. The summed E-state index contributed by atoms with van der Waals surface area (Å²) in [6.45, 7) is 7.15. The van der Waals surface area contributed by atoms with Crippen LogP contribution in [0.15, 0.2) is 0 Å². The van der Waals surface area contributed by atoms with E-state index < -0.39 is 5.97 Å². The molecule has 2 rings (SSSR count). The fourth-order valence-electron chi connectivity index (χ4n) is 3.30. The van der Waals surface area contributed by atoms with Crippen molar-refractivity contribution in [3.8, 4) is 0 Å². The molecule has 2 amide bonds. The van der Waals surface area contributed by atoms with Crippen molar-refractivity contribution in [2.75, 3.05) is 26.7 Å². The number of H-pyrrole nitrogens is 1. The van der Waals surface area contributed by atoms with Gasteiger partial charge in [-0.05, 0) is 38.7 Å². The van der Waals surface area contributed by atoms with Gasteiger partial charge in [0.2, 0.25) is 5.91 Å². The second-order valence-corrected chi connectivity index (χ2v) is 6.50. The zero-order valence-electron chi connectivity index (χ0n) is 15.4. The van der Waals surface area contributed by atoms with Crippen LogP contribution < -0.4 is 5.32 Å². The van der Waals surface area contributed by atoms with E-state index in [0.29, 0.717) is 42.1 Å². The van der Waals surface area contributed by atoms with Crippen molar-refractivity contribution in [3.05, 3.63) is 22.5 Å². The number of nitrogens with zero attached hydrogens (tertiary/aromatic N) is 1. The molecule has 0 aliphatic carbocycles. The molecular formula is C18H27N3O4. The van der Waals surface area contributed by atoms with E-state index >= 15 is 0 Å². The molecule has 1 atom stereocenters. The first-order valence-corrected chi connectivity index (χ1v) is 8.75. The minimum atomic E-state index is -0.458. The number of rotatable bonds is 5. The van der Waals surface area contributed by atoms with E-state index in [1.54, 1.807) is 18.7 Å². The molecule has 0 saturated carbocycles. The minimum absolute atomic E-state index is 0.00832. The maximum atomic E-state index is 12.9. The lowest BCUT2D eigenvalue weighted by molar-refractivity contribution is -0.126. The van der Waals surface area contributed by atoms with Gasteiger partial charge in [-0.15, -0.1) is 0 Å². The van der Waals surface area contributed by atoms with Gasteiger partial charge < -0.3 is 19.9 Å². The van der Waals surface area contributed by atoms with Crippen molar-refractivity contribution in [3.63, 3.8) is 0 Å². The summed E-state index contributed by atoms with van der Waals surface area (Å²) in [6, 6.07) is 0. The summed E-state index contributed by atoms with van der Waals surface area (Å²) < 4.78 is 4.79. The van der Waals surface area contributed by atoms with Crippen LogP contribution in [0.2, 0.25) is 0 Å². The molecule has 25 heavy (non-hydrogen) atoms. The molecule has 1 unspecified atom stereocenters. The van der Waals surface area contributed by atoms with Gasteiger partial charge in [-0.2, -0.15) is 0 Å². The van der Waals surface area contributed by atoms with Gasteiger partial charge in [-0.1, -0.05) is 6.92 Å². The van der Waals surface area contributed by atoms with Crippen molar-refractivity contribution in [2.45, 2.75) is 40.0 Å². The number of nitrogens with one attached hydrogen (secondary N) is 2. The first-order chi connectivity index (χ1) is 11.9. The Hall–Kier alpha value is -2.31. The Kier molecular flexibility index (Phi) is 6.22. The predicted octanol–water partition coefficient (Wildman–Crippen LogP) is 1.80. The quantitative estimate of drug-likeness (QED) is 0.793. The van der Waals surface area contributed by atoms with Gasteiger partial charge in [-0.25, -0.2) is 4.79 Å². The number of ether oxygens (including phenoxy) is 1. The third-order valence-electron chi connectivity index (χ3n) is 4.67. The molecule has 0 radical (unpaired) electrons. The van der Waals surface area contributed by atoms with E-state index in [1.165, 1.54) is 7.11 Å². The van der Waals surface area contributed by atoms with E-state index in [0.717, 1.165) is 19.3 Å². The highest BCUT2D eigenvalue weighted by atomic mass is 16.5. The highest BCUT2D eigenvalue weighted by molar-refractivity contribution is 6.00. The Morgan fingerprint density at radius 3 is 2.68 bits per heavy atom. The Labute approximate surface area is 148 Å². The average Bonchev–Trinajstić information content (AvgIpc) is 2.92. The molecule has 2 heterocycles. The van der Waals surface area contributed by atoms with Crippen LogP contribution in [0.5, 0.6) is 0 Å². The van der Waals surface area contributed by atoms with Crippen LogP contribution >= 0.6 is 0 Å². The number of piperidine rings is 1. The Morgan fingerprint density at radius 1 is 1.32 bits per heavy atom. The molecular weight excluding hydrogens is 322 g/mol. The molecule has 1 saturated heterocycles. The lowest BCUT2D eigenvalue weighted by atomic mass is 9.96. The summed E-state index contributed by atoms with van der Waals surface area (Å²) in [7, 11) is 1.32. The number of hydrogen-bond acceptors (Lipinski definition) is 4. The number of methoxy groups -OCH3 is 1. The first-order valence-electron chi connectivity index (χ1n) is 8.75. The smallest absolute Gasteiger partial charge is 0.339 e. The van der Waals surface area contributed by atoms with Crippen molar-refractivity contribution >= 4 is 17.8 Å². The molecule has 0 spiro atoms. The van der Waals surface area contributed by atoms with E-state index in [1.807, 2.05) is 6.92 Å². The fraction of sp³-hybridized carbons (Fsp3) is 0.611. The van der Waals surface area contributed by atoms with E-state index in [2.05, 4.69) is 10.3 Å². The second-order valence-electron chi connectivity index (χ2n) is 6.50. The Bertz CT molecular complexity index is 666. The molecule has 0 aromatic carbocycles. The van der Waals surface area contributed by atoms with Crippen LogP contribution in [-0.4, -0.2) is 54.4 Å². The van der Waals surface area contributed by atoms with Gasteiger partial charge in [0.1, 0.15) is 5.69 Å². The maximum Gasteiger partial charge on any atom is 0.339 e. The lowest BCUT2D eigenvalue weighted by Gasteiger charge is -2.32. The number of hydrogen-bond donors (Lipinski definition) is 2. The summed E-state index contributed by atoms with van der Waals surface area (Å²) in [6.07, 6.45) is 2.46. The monoisotopic (exact) mass is 349 g/mol. The second kappa shape index (κ2) is 8.18. The standard InChI is InChI=1S/C18H27N3O4/c1-5-8-19-16(22)13-7-6-9-21(10-13)17(23)15-11(2)14(12(3)20-15)18(24)25-4/h13,20H,5-10H2,1-4H3,(H,19,22). The summed E-state index contributed by atoms with van der Waals surface area (Å²) in [5, 5.41) is 2.90. The van der Waals surface area contributed by atoms with Crippen LogP contribution in [0.3, 0.4) is 0 Å². The summed E-state index contributed by atoms with van der Waals surface area (Å²) >= 11 is 0. The normalized spacial score (nSPS) is 17.3. The van der Waals surface area contributed by atoms with Crippen molar-refractivity contribution < 1.29 is 19.1 Å². The largest absolute Gasteiger partial charge is 0.465 e. The third-order valence-corrected chi connectivity index (χ3v) is 4.67. The van der Waals surface area contributed by atoms with Gasteiger partial charge in [0.15, 0.2) is 0 Å². The van der Waals surface area contributed by atoms with Crippen molar-refractivity contribution in [1.29, 1.82) is 0 Å². The summed E-state index contributed by atoms with van der Waals surface area (Å²) in [5.74, 6) is -0.806. The summed E-state index contributed by atoms with van der Waals surface area (Å²) in [5.41, 5.74) is 2.00. The highest BCUT2D eigenvalue weighted by Crippen LogP contribution is 2.23. The topological polar surface area (TPSA) is 91.5 Å². The first kappa shape index (κ1) is 19.0. The Balaban J connectivity index is 2.15. The average molecular weight is 349 g/mol. The molecule has 1 aromatic heterocycles. The van der Waals surface area contributed by atoms with Gasteiger partial charge in [0, 0.05) is 25.3 Å². The van der Waals surface area contributed by atoms with E-state index in [4.69, 9.17) is 4.74 Å². The molecule has 1 aliphatic heterocycles. The van der Waals surface area contributed by atoms with Gasteiger partial charge in [0.05, 0.1) is 18.6 Å². The maximum absolute atomic E-state index is 12.9. The van der Waals surface area contributed by atoms with Crippen molar-refractivity contribution in [2.24, 2.45) is 5.92 Å². The van der Waals surface area contributed by atoms with Gasteiger partial charge >= 0.3 is 5.97 Å². The molecule has 2 N–H and O–H groups in total. The SMILES string of the molecule is CCCNC(=O)C1CCCN(C(=O)c2[nH]c(C)c(C(=O)OC)c2C)C1. The molecule has 7 heteroatoms. The minimum Gasteiger partial charge on any atom is -0.465 e. The van der Waals surface area contributed by atoms with Gasteiger partial charge in [0.25, 0.3) is 5.91 Å². The third kappa shape index (κ3) is 4.03. The number of aryl methyl sites for hydroxylation is 1. The zero-order valence-corrected chi connectivity index (χ0v) is 15.4. The zero-order chi connectivity index (χ0) is 18.6. The highest BCUT2D eigenvalue weighted by Gasteiger charge is 2.31. The Morgan fingerprint density at radius 2 is 2.04 bits per heavy atom. The van der Waals surface area contributed by atoms with Crippen LogP contribution in [0.1, 0.15) is 58.3 Å². The number of carbonyl (C=O) groups excluding carboxylic acids is 3. The van der Waals surface area contributed by atoms with Gasteiger partial charge in [-0.3, -0.25) is 9.59 Å². The molecule has 1 aromatic rings. The van der Waals surface area contributed by atoms with E-state index in [-0.39, 0.29) is 17.7 Å². The van der Waals surface area contributed by atoms with Crippen molar-refractivity contribution in [1.82, 2.24) is 15.2 Å². The number of aromatic amines is 1. The molecule has 138 valence electrons. The van der Waals surface area contributed by atoms with E-state index in [9.17, 15) is 14.4 Å². The van der Waals surface area contributed by atoms with Crippen LogP contribution in [0.4, 0.5) is 0 Å². The number of aromatic nitrogens is 1. The molecule has 0 bridgehead atoms. The fourth-order valence-corrected chi connectivity index (χ4v) is 3.30. The summed E-state index contributed by atoms with van der Waals surface area (Å²) in [4.78, 5) is 41.7. The molecule has 1 aliphatic rings. The predicted molar refractivity (Wildman–Crippen MR) is 93.5 cm³/mol. The van der Waals surface area contributed by atoms with Crippen LogP contribution in [0.25, 0.3) is 0 Å². The van der Waals surface area contributed by atoms with Crippen LogP contribution in [0, 0.1) is 19.8 Å². The molecule has 1 fully saturated rings.